The van der Waals surface area contributed by atoms with Gasteiger partial charge in [-0.2, -0.15) is 0 Å². The number of ether oxygens (including phenoxy) is 2. The SMILES string of the molecule is Cc1cc(OC(F)(F)F)cc(C(=O)Nc2cccc(OC3CCN(C(=O)Nc4ccc(C(=O)O)cc4)CC3)c2)c1-c1ccccc1. The molecular formula is C34H30F3N3O6. The molecule has 1 fully saturated rings. The molecule has 12 heteroatoms. The van der Waals surface area contributed by atoms with E-state index in [2.05, 4.69) is 15.4 Å². The number of hydrogen-bond donors (Lipinski definition) is 3. The average Bonchev–Trinajstić information content (AvgIpc) is 3.01. The number of likely N-dealkylation sites (tertiary alicyclic amines) is 1. The minimum atomic E-state index is -4.92. The van der Waals surface area contributed by atoms with E-state index in [9.17, 15) is 27.6 Å². The molecular weight excluding hydrogens is 603 g/mol. The second kappa shape index (κ2) is 13.6. The Hall–Kier alpha value is -5.52. The second-order valence-electron chi connectivity index (χ2n) is 10.7. The largest absolute Gasteiger partial charge is 0.573 e. The number of nitrogens with zero attached hydrogens (tertiary/aromatic N) is 1. The predicted molar refractivity (Wildman–Crippen MR) is 165 cm³/mol. The molecule has 1 saturated heterocycles. The summed E-state index contributed by atoms with van der Waals surface area (Å²) < 4.78 is 49.3. The lowest BCUT2D eigenvalue weighted by Crippen LogP contribution is -2.43. The van der Waals surface area contributed by atoms with Gasteiger partial charge in [-0.3, -0.25) is 4.79 Å². The van der Waals surface area contributed by atoms with Gasteiger partial charge in [-0.15, -0.1) is 13.2 Å². The highest BCUT2D eigenvalue weighted by Crippen LogP contribution is 2.34. The van der Waals surface area contributed by atoms with Gasteiger partial charge >= 0.3 is 18.4 Å². The van der Waals surface area contributed by atoms with Crippen molar-refractivity contribution in [3.8, 4) is 22.6 Å². The first-order valence-electron chi connectivity index (χ1n) is 14.4. The van der Waals surface area contributed by atoms with E-state index in [-0.39, 0.29) is 23.3 Å². The Bertz CT molecular complexity index is 1720. The Labute approximate surface area is 262 Å². The molecule has 1 heterocycles. The number of hydrogen-bond acceptors (Lipinski definition) is 5. The van der Waals surface area contributed by atoms with Crippen molar-refractivity contribution in [2.75, 3.05) is 23.7 Å². The molecule has 238 valence electrons. The summed E-state index contributed by atoms with van der Waals surface area (Å²) in [6.07, 6.45) is -4.02. The molecule has 9 nitrogen and oxygen atoms in total. The van der Waals surface area contributed by atoms with Gasteiger partial charge in [0.1, 0.15) is 17.6 Å². The zero-order valence-corrected chi connectivity index (χ0v) is 24.6. The number of aryl methyl sites for hydroxylation is 1. The van der Waals surface area contributed by atoms with Crippen molar-refractivity contribution in [3.63, 3.8) is 0 Å². The van der Waals surface area contributed by atoms with Crippen molar-refractivity contribution < 1.29 is 42.1 Å². The van der Waals surface area contributed by atoms with Gasteiger partial charge in [0, 0.05) is 43.4 Å². The Kier molecular flexibility index (Phi) is 9.45. The number of amides is 3. The third-order valence-corrected chi connectivity index (χ3v) is 7.36. The van der Waals surface area contributed by atoms with Gasteiger partial charge in [0.25, 0.3) is 5.91 Å². The first kappa shape index (κ1) is 31.9. The van der Waals surface area contributed by atoms with Crippen LogP contribution in [0.4, 0.5) is 29.3 Å². The Morgan fingerprint density at radius 1 is 0.826 bits per heavy atom. The lowest BCUT2D eigenvalue weighted by Gasteiger charge is -2.32. The third kappa shape index (κ3) is 8.14. The normalized spacial score (nSPS) is 13.5. The molecule has 0 radical (unpaired) electrons. The van der Waals surface area contributed by atoms with Crippen LogP contribution in [0.25, 0.3) is 11.1 Å². The smallest absolute Gasteiger partial charge is 0.490 e. The summed E-state index contributed by atoms with van der Waals surface area (Å²) in [5.74, 6) is -1.69. The number of rotatable bonds is 8. The van der Waals surface area contributed by atoms with Crippen LogP contribution in [0.15, 0.2) is 91.0 Å². The fraction of sp³-hybridized carbons (Fsp3) is 0.206. The summed E-state index contributed by atoms with van der Waals surface area (Å²) in [5, 5.41) is 14.6. The molecule has 4 aromatic carbocycles. The van der Waals surface area contributed by atoms with Crippen LogP contribution in [0.5, 0.6) is 11.5 Å². The van der Waals surface area contributed by atoms with Gasteiger partial charge < -0.3 is 30.1 Å². The summed E-state index contributed by atoms with van der Waals surface area (Å²) in [5.41, 5.74) is 2.58. The number of urea groups is 1. The van der Waals surface area contributed by atoms with E-state index in [1.165, 1.54) is 30.3 Å². The van der Waals surface area contributed by atoms with Gasteiger partial charge in [-0.05, 0) is 72.1 Å². The Morgan fingerprint density at radius 2 is 1.52 bits per heavy atom. The van der Waals surface area contributed by atoms with Gasteiger partial charge in [-0.1, -0.05) is 36.4 Å². The highest BCUT2D eigenvalue weighted by molar-refractivity contribution is 6.09. The number of carboxylic acids is 1. The van der Waals surface area contributed by atoms with Crippen molar-refractivity contribution in [2.24, 2.45) is 0 Å². The summed E-state index contributed by atoms with van der Waals surface area (Å²) in [6, 6.07) is 23.5. The molecule has 1 aliphatic rings. The van der Waals surface area contributed by atoms with Crippen molar-refractivity contribution in [1.29, 1.82) is 0 Å². The highest BCUT2D eigenvalue weighted by atomic mass is 19.4. The number of aromatic carboxylic acids is 1. The molecule has 0 aromatic heterocycles. The standard InChI is InChI=1S/C34H30F3N3O6/c1-21-18-28(46-34(35,36)37)20-29(30(21)22-6-3-2-4-7-22)31(41)38-25-8-5-9-27(19-25)45-26-14-16-40(17-15-26)33(44)39-24-12-10-23(11-13-24)32(42)43/h2-13,18-20,26H,14-17H2,1H3,(H,38,41)(H,39,44)(H,42,43). The molecule has 0 bridgehead atoms. The molecule has 0 atom stereocenters. The van der Waals surface area contributed by atoms with Gasteiger partial charge in [-0.25, -0.2) is 9.59 Å². The first-order valence-corrected chi connectivity index (χ1v) is 14.4. The van der Waals surface area contributed by atoms with Gasteiger partial charge in [0.2, 0.25) is 0 Å². The number of anilines is 2. The van der Waals surface area contributed by atoms with Crippen LogP contribution in [0.3, 0.4) is 0 Å². The van der Waals surface area contributed by atoms with E-state index in [0.29, 0.717) is 59.7 Å². The predicted octanol–water partition coefficient (Wildman–Crippen LogP) is 7.59. The minimum Gasteiger partial charge on any atom is -0.490 e. The molecule has 0 unspecified atom stereocenters. The van der Waals surface area contributed by atoms with E-state index < -0.39 is 24.0 Å². The molecule has 46 heavy (non-hydrogen) atoms. The van der Waals surface area contributed by atoms with Crippen LogP contribution in [-0.2, 0) is 0 Å². The topological polar surface area (TPSA) is 117 Å². The third-order valence-electron chi connectivity index (χ3n) is 7.36. The van der Waals surface area contributed by atoms with Crippen molar-refractivity contribution in [2.45, 2.75) is 32.2 Å². The number of benzene rings is 4. The maximum absolute atomic E-state index is 13.5. The summed E-state index contributed by atoms with van der Waals surface area (Å²) in [6.45, 7) is 2.47. The summed E-state index contributed by atoms with van der Waals surface area (Å²) >= 11 is 0. The maximum Gasteiger partial charge on any atom is 0.573 e. The molecule has 4 aromatic rings. The molecule has 3 amide bonds. The number of nitrogens with one attached hydrogen (secondary N) is 2. The van der Waals surface area contributed by atoms with Crippen molar-refractivity contribution in [1.82, 2.24) is 4.90 Å². The van der Waals surface area contributed by atoms with Gasteiger partial charge in [0.05, 0.1) is 11.1 Å². The number of alkyl halides is 3. The summed E-state index contributed by atoms with van der Waals surface area (Å²) in [4.78, 5) is 38.9. The fourth-order valence-electron chi connectivity index (χ4n) is 5.23. The number of piperidine rings is 1. The van der Waals surface area contributed by atoms with Crippen molar-refractivity contribution in [3.05, 3.63) is 108 Å². The number of halogens is 3. The second-order valence-corrected chi connectivity index (χ2v) is 10.7. The maximum atomic E-state index is 13.5. The molecule has 0 aliphatic carbocycles. The summed E-state index contributed by atoms with van der Waals surface area (Å²) in [7, 11) is 0. The average molecular weight is 634 g/mol. The van der Waals surface area contributed by atoms with Gasteiger partial charge in [0.15, 0.2) is 0 Å². The van der Waals surface area contributed by atoms with E-state index in [4.69, 9.17) is 9.84 Å². The highest BCUT2D eigenvalue weighted by Gasteiger charge is 2.32. The molecule has 0 saturated carbocycles. The first-order chi connectivity index (χ1) is 21.9. The van der Waals surface area contributed by atoms with E-state index in [0.717, 1.165) is 6.07 Å². The van der Waals surface area contributed by atoms with Crippen LogP contribution in [0, 0.1) is 6.92 Å². The van der Waals surface area contributed by atoms with E-state index in [1.54, 1.807) is 66.4 Å². The lowest BCUT2D eigenvalue weighted by molar-refractivity contribution is -0.274. The van der Waals surface area contributed by atoms with Crippen LogP contribution in [0.2, 0.25) is 0 Å². The fourth-order valence-corrected chi connectivity index (χ4v) is 5.23. The van der Waals surface area contributed by atoms with Crippen LogP contribution < -0.4 is 20.1 Å². The van der Waals surface area contributed by atoms with E-state index in [1.807, 2.05) is 0 Å². The van der Waals surface area contributed by atoms with Crippen molar-refractivity contribution >= 4 is 29.3 Å². The lowest BCUT2D eigenvalue weighted by atomic mass is 9.94. The van der Waals surface area contributed by atoms with Crippen LogP contribution in [-0.4, -0.2) is 53.5 Å². The molecule has 1 aliphatic heterocycles. The van der Waals surface area contributed by atoms with Crippen LogP contribution in [0.1, 0.15) is 39.1 Å². The number of carbonyl (C=O) groups is 3. The minimum absolute atomic E-state index is 0.0141. The quantitative estimate of drug-likeness (QED) is 0.184. The van der Waals surface area contributed by atoms with E-state index >= 15 is 0 Å². The number of carbonyl (C=O) groups excluding carboxylic acids is 2. The molecule has 0 spiro atoms. The monoisotopic (exact) mass is 633 g/mol. The van der Waals surface area contributed by atoms with Crippen LogP contribution >= 0.6 is 0 Å². The molecule has 3 N–H and O–H groups in total. The zero-order valence-electron chi connectivity index (χ0n) is 24.6. The Balaban J connectivity index is 1.23. The Morgan fingerprint density at radius 3 is 2.17 bits per heavy atom. The zero-order chi connectivity index (χ0) is 32.8. The molecule has 5 rings (SSSR count). The number of carboxylic acid groups (broad SMARTS) is 1.